The van der Waals surface area contributed by atoms with Crippen LogP contribution in [-0.4, -0.2) is 12.2 Å². The lowest BCUT2D eigenvalue weighted by Gasteiger charge is -2.17. The molecule has 2 nitrogen and oxygen atoms in total. The highest BCUT2D eigenvalue weighted by molar-refractivity contribution is 6.09. The SMILES string of the molecule is C1=C[C@H]2C[C@@H]1[C@@H]1OC(c3cc4ccccc4c4ccccc34)O[C@@H]12. The van der Waals surface area contributed by atoms with Gasteiger partial charge in [0.25, 0.3) is 0 Å². The van der Waals surface area contributed by atoms with Crippen LogP contribution in [0.3, 0.4) is 0 Å². The maximum Gasteiger partial charge on any atom is 0.185 e. The Hall–Kier alpha value is -2.16. The van der Waals surface area contributed by atoms with Gasteiger partial charge in [0, 0.05) is 17.4 Å². The maximum atomic E-state index is 6.39. The molecule has 0 aromatic heterocycles. The molecule has 1 saturated carbocycles. The van der Waals surface area contributed by atoms with E-state index in [4.69, 9.17) is 9.47 Å². The van der Waals surface area contributed by atoms with Gasteiger partial charge in [-0.1, -0.05) is 60.7 Å². The first-order valence-corrected chi connectivity index (χ1v) is 8.78. The van der Waals surface area contributed by atoms with Crippen molar-refractivity contribution in [2.75, 3.05) is 0 Å². The summed E-state index contributed by atoms with van der Waals surface area (Å²) in [6.07, 6.45) is 6.04. The van der Waals surface area contributed by atoms with E-state index in [2.05, 4.69) is 66.7 Å². The van der Waals surface area contributed by atoms with Crippen LogP contribution in [-0.2, 0) is 9.47 Å². The Balaban J connectivity index is 1.52. The van der Waals surface area contributed by atoms with Crippen molar-refractivity contribution >= 4 is 21.5 Å². The number of ether oxygens (including phenoxy) is 2. The van der Waals surface area contributed by atoms with Gasteiger partial charge in [-0.3, -0.25) is 0 Å². The van der Waals surface area contributed by atoms with Crippen LogP contribution >= 0.6 is 0 Å². The van der Waals surface area contributed by atoms with Gasteiger partial charge >= 0.3 is 0 Å². The van der Waals surface area contributed by atoms with Gasteiger partial charge in [-0.25, -0.2) is 0 Å². The van der Waals surface area contributed by atoms with Gasteiger partial charge in [-0.15, -0.1) is 0 Å². The zero-order valence-electron chi connectivity index (χ0n) is 13.3. The molecule has 2 aliphatic carbocycles. The predicted molar refractivity (Wildman–Crippen MR) is 94.7 cm³/mol. The van der Waals surface area contributed by atoms with Crippen LogP contribution in [0.1, 0.15) is 18.3 Å². The van der Waals surface area contributed by atoms with Crippen LogP contribution in [0.4, 0.5) is 0 Å². The van der Waals surface area contributed by atoms with Crippen molar-refractivity contribution in [1.29, 1.82) is 0 Å². The van der Waals surface area contributed by atoms with Gasteiger partial charge in [-0.05, 0) is 34.0 Å². The second kappa shape index (κ2) is 4.69. The predicted octanol–water partition coefficient (Wildman–Crippen LogP) is 4.98. The Kier molecular flexibility index (Phi) is 2.57. The van der Waals surface area contributed by atoms with E-state index in [0.29, 0.717) is 11.8 Å². The van der Waals surface area contributed by atoms with Crippen molar-refractivity contribution in [3.05, 3.63) is 72.3 Å². The monoisotopic (exact) mass is 314 g/mol. The molecule has 3 aliphatic rings. The highest BCUT2D eigenvalue weighted by atomic mass is 16.7. The first kappa shape index (κ1) is 13.2. The molecule has 3 aromatic carbocycles. The lowest BCUT2D eigenvalue weighted by molar-refractivity contribution is -0.0812. The number of fused-ring (bicyclic) bond motifs is 8. The van der Waals surface area contributed by atoms with Crippen molar-refractivity contribution in [2.24, 2.45) is 11.8 Å². The minimum Gasteiger partial charge on any atom is -0.342 e. The fourth-order valence-electron chi connectivity index (χ4n) is 4.83. The molecule has 1 saturated heterocycles. The van der Waals surface area contributed by atoms with Crippen LogP contribution in [0.2, 0.25) is 0 Å². The van der Waals surface area contributed by atoms with Gasteiger partial charge in [0.15, 0.2) is 6.29 Å². The lowest BCUT2D eigenvalue weighted by atomic mass is 9.97. The van der Waals surface area contributed by atoms with Crippen LogP contribution < -0.4 is 0 Å². The molecule has 0 amide bonds. The normalized spacial score (nSPS) is 33.6. The molecule has 2 fully saturated rings. The molecule has 118 valence electrons. The van der Waals surface area contributed by atoms with Gasteiger partial charge in [0.05, 0.1) is 12.2 Å². The Morgan fingerprint density at radius 2 is 1.33 bits per heavy atom. The van der Waals surface area contributed by atoms with Crippen LogP contribution in [0.5, 0.6) is 0 Å². The van der Waals surface area contributed by atoms with Crippen molar-refractivity contribution in [3.63, 3.8) is 0 Å². The molecule has 24 heavy (non-hydrogen) atoms. The third-order valence-electron chi connectivity index (χ3n) is 5.93. The standard InChI is InChI=1S/C22H18O2/c1-2-6-16-13(5-1)12-19(18-8-4-3-7-17(16)18)22-23-20-14-9-10-15(11-14)21(20)24-22/h1-10,12,14-15,20-22H,11H2/t14-,15+,20+,21-,22?. The number of rotatable bonds is 1. The van der Waals surface area contributed by atoms with E-state index in [1.54, 1.807) is 0 Å². The van der Waals surface area contributed by atoms with E-state index in [0.717, 1.165) is 5.56 Å². The summed E-state index contributed by atoms with van der Waals surface area (Å²) in [4.78, 5) is 0. The summed E-state index contributed by atoms with van der Waals surface area (Å²) in [7, 11) is 0. The molecule has 1 heterocycles. The molecule has 3 aromatic rings. The maximum absolute atomic E-state index is 6.39. The molecule has 1 aliphatic heterocycles. The van der Waals surface area contributed by atoms with Crippen molar-refractivity contribution in [1.82, 2.24) is 0 Å². The van der Waals surface area contributed by atoms with E-state index in [-0.39, 0.29) is 18.5 Å². The van der Waals surface area contributed by atoms with Gasteiger partial charge < -0.3 is 9.47 Å². The van der Waals surface area contributed by atoms with Crippen LogP contribution in [0.15, 0.2) is 66.7 Å². The Labute approximate surface area is 140 Å². The Morgan fingerprint density at radius 3 is 2.08 bits per heavy atom. The van der Waals surface area contributed by atoms with Gasteiger partial charge in [0.2, 0.25) is 0 Å². The second-order valence-electron chi connectivity index (χ2n) is 7.21. The van der Waals surface area contributed by atoms with E-state index in [9.17, 15) is 0 Å². The van der Waals surface area contributed by atoms with Gasteiger partial charge in [-0.2, -0.15) is 0 Å². The molecule has 0 radical (unpaired) electrons. The molecule has 1 unspecified atom stereocenters. The lowest BCUT2D eigenvalue weighted by Crippen LogP contribution is -2.26. The number of benzene rings is 3. The van der Waals surface area contributed by atoms with Crippen molar-refractivity contribution in [2.45, 2.75) is 24.9 Å². The van der Waals surface area contributed by atoms with Crippen molar-refractivity contribution < 1.29 is 9.47 Å². The topological polar surface area (TPSA) is 18.5 Å². The summed E-state index contributed by atoms with van der Waals surface area (Å²) in [6, 6.07) is 19.4. The molecule has 5 atom stereocenters. The Morgan fingerprint density at radius 1 is 0.708 bits per heavy atom. The van der Waals surface area contributed by atoms with E-state index in [1.807, 2.05) is 0 Å². The van der Waals surface area contributed by atoms with Gasteiger partial charge in [0.1, 0.15) is 0 Å². The molecular formula is C22H18O2. The molecule has 0 N–H and O–H groups in total. The highest BCUT2D eigenvalue weighted by Gasteiger charge is 2.52. The van der Waals surface area contributed by atoms with E-state index < -0.39 is 0 Å². The fourth-order valence-corrected chi connectivity index (χ4v) is 4.83. The minimum atomic E-state index is -0.250. The summed E-state index contributed by atoms with van der Waals surface area (Å²) in [6.45, 7) is 0. The highest BCUT2D eigenvalue weighted by Crippen LogP contribution is 2.51. The zero-order chi connectivity index (χ0) is 15.7. The summed E-state index contributed by atoms with van der Waals surface area (Å²) in [5.41, 5.74) is 1.16. The molecule has 2 heteroatoms. The van der Waals surface area contributed by atoms with Crippen LogP contribution in [0.25, 0.3) is 21.5 Å². The Bertz CT molecular complexity index is 970. The number of hydrogen-bond acceptors (Lipinski definition) is 2. The summed E-state index contributed by atoms with van der Waals surface area (Å²) in [5, 5.41) is 5.05. The molecule has 0 spiro atoms. The van der Waals surface area contributed by atoms with E-state index >= 15 is 0 Å². The smallest absolute Gasteiger partial charge is 0.185 e. The summed E-state index contributed by atoms with van der Waals surface area (Å²) in [5.74, 6) is 1.08. The zero-order valence-corrected chi connectivity index (χ0v) is 13.3. The summed E-state index contributed by atoms with van der Waals surface area (Å²) < 4.78 is 12.8. The number of hydrogen-bond donors (Lipinski definition) is 0. The third kappa shape index (κ3) is 1.68. The third-order valence-corrected chi connectivity index (χ3v) is 5.93. The average Bonchev–Trinajstić information content (AvgIpc) is 3.34. The largest absolute Gasteiger partial charge is 0.342 e. The second-order valence-corrected chi connectivity index (χ2v) is 7.21. The minimum absolute atomic E-state index is 0.232. The van der Waals surface area contributed by atoms with Crippen LogP contribution in [0, 0.1) is 11.8 Å². The summed E-state index contributed by atoms with van der Waals surface area (Å²) >= 11 is 0. The molecular weight excluding hydrogens is 296 g/mol. The van der Waals surface area contributed by atoms with Crippen molar-refractivity contribution in [3.8, 4) is 0 Å². The first-order valence-electron chi connectivity index (χ1n) is 8.78. The first-order chi connectivity index (χ1) is 11.9. The molecule has 6 rings (SSSR count). The van der Waals surface area contributed by atoms with E-state index in [1.165, 1.54) is 28.0 Å². The fraction of sp³-hybridized carbons (Fsp3) is 0.273. The quantitative estimate of drug-likeness (QED) is 0.466. The molecule has 2 bridgehead atoms. The average molecular weight is 314 g/mol.